The molecule has 1 aliphatic carbocycles. The van der Waals surface area contributed by atoms with Crippen molar-refractivity contribution in [1.82, 2.24) is 4.98 Å². The number of hydrogen-bond donors (Lipinski definition) is 1. The SMILES string of the molecule is CCCOc1ccc2c(c1)Cc1c(C(=O)OCC)ncc(-c3cccc(NC(=O)OCc4ccccc4)c3F)c1-2. The number of esters is 1. The fourth-order valence-corrected chi connectivity index (χ4v) is 4.78. The van der Waals surface area contributed by atoms with Gasteiger partial charge in [0.25, 0.3) is 0 Å². The number of rotatable bonds is 9. The summed E-state index contributed by atoms with van der Waals surface area (Å²) in [6.45, 7) is 4.62. The van der Waals surface area contributed by atoms with Crippen LogP contribution in [0.1, 0.15) is 47.4 Å². The number of anilines is 1. The standard InChI is InChI=1S/C32H29FN2O5/c1-3-15-39-22-13-14-23-21(16-22)17-25-28(23)26(18-34-30(25)31(36)38-4-2)24-11-8-12-27(29(24)33)35-32(37)40-19-20-9-6-5-7-10-20/h5-14,16,18H,3-4,15,17,19H2,1-2H3,(H,35,37). The highest BCUT2D eigenvalue weighted by Crippen LogP contribution is 2.46. The van der Waals surface area contributed by atoms with Crippen molar-refractivity contribution >= 4 is 17.7 Å². The fraction of sp³-hybridized carbons (Fsp3) is 0.219. The Bertz CT molecular complexity index is 1550. The summed E-state index contributed by atoms with van der Waals surface area (Å²) in [7, 11) is 0. The number of pyridine rings is 1. The van der Waals surface area contributed by atoms with Gasteiger partial charge in [-0.2, -0.15) is 0 Å². The van der Waals surface area contributed by atoms with Crippen LogP contribution in [0, 0.1) is 5.82 Å². The summed E-state index contributed by atoms with van der Waals surface area (Å²) < 4.78 is 32.2. The minimum Gasteiger partial charge on any atom is -0.494 e. The summed E-state index contributed by atoms with van der Waals surface area (Å²) in [5.41, 5.74) is 4.91. The van der Waals surface area contributed by atoms with Crippen LogP contribution in [0.2, 0.25) is 0 Å². The molecule has 0 bridgehead atoms. The Morgan fingerprint density at radius 1 is 0.950 bits per heavy atom. The summed E-state index contributed by atoms with van der Waals surface area (Å²) in [5.74, 6) is -0.437. The second-order valence-electron chi connectivity index (χ2n) is 9.29. The third kappa shape index (κ3) is 5.52. The van der Waals surface area contributed by atoms with Crippen molar-refractivity contribution in [3.8, 4) is 28.0 Å². The minimum absolute atomic E-state index is 0.0275. The minimum atomic E-state index is -0.772. The molecule has 1 aliphatic rings. The van der Waals surface area contributed by atoms with Gasteiger partial charge in [-0.3, -0.25) is 5.32 Å². The van der Waals surface area contributed by atoms with E-state index in [2.05, 4.69) is 10.3 Å². The second-order valence-corrected chi connectivity index (χ2v) is 9.29. The van der Waals surface area contributed by atoms with E-state index in [0.717, 1.165) is 28.9 Å². The van der Waals surface area contributed by atoms with E-state index in [1.807, 2.05) is 55.5 Å². The van der Waals surface area contributed by atoms with E-state index in [4.69, 9.17) is 14.2 Å². The van der Waals surface area contributed by atoms with E-state index < -0.39 is 17.9 Å². The van der Waals surface area contributed by atoms with Crippen molar-refractivity contribution in [1.29, 1.82) is 0 Å². The van der Waals surface area contributed by atoms with E-state index >= 15 is 4.39 Å². The molecule has 0 spiro atoms. The van der Waals surface area contributed by atoms with Crippen LogP contribution in [0.15, 0.2) is 72.9 Å². The molecule has 1 aromatic heterocycles. The first-order valence-electron chi connectivity index (χ1n) is 13.2. The third-order valence-electron chi connectivity index (χ3n) is 6.57. The van der Waals surface area contributed by atoms with Gasteiger partial charge in [0.1, 0.15) is 12.4 Å². The molecular formula is C32H29FN2O5. The number of halogens is 1. The van der Waals surface area contributed by atoms with Gasteiger partial charge < -0.3 is 14.2 Å². The van der Waals surface area contributed by atoms with Gasteiger partial charge in [0.05, 0.1) is 18.9 Å². The summed E-state index contributed by atoms with van der Waals surface area (Å²) >= 11 is 0. The predicted molar refractivity (Wildman–Crippen MR) is 150 cm³/mol. The van der Waals surface area contributed by atoms with Crippen molar-refractivity contribution in [2.45, 2.75) is 33.3 Å². The number of nitrogens with zero attached hydrogens (tertiary/aromatic N) is 1. The monoisotopic (exact) mass is 540 g/mol. The number of nitrogens with one attached hydrogen (secondary N) is 1. The molecule has 0 saturated heterocycles. The van der Waals surface area contributed by atoms with Gasteiger partial charge in [0.15, 0.2) is 11.5 Å². The maximum absolute atomic E-state index is 15.9. The van der Waals surface area contributed by atoms with Crippen molar-refractivity contribution in [3.05, 3.63) is 101 Å². The molecule has 8 heteroatoms. The van der Waals surface area contributed by atoms with Gasteiger partial charge in [0.2, 0.25) is 0 Å². The topological polar surface area (TPSA) is 86.8 Å². The number of aromatic nitrogens is 1. The molecule has 0 radical (unpaired) electrons. The van der Waals surface area contributed by atoms with Crippen LogP contribution >= 0.6 is 0 Å². The molecule has 0 fully saturated rings. The zero-order chi connectivity index (χ0) is 28.1. The molecule has 1 amide bonds. The van der Waals surface area contributed by atoms with Crippen LogP contribution in [-0.2, 0) is 22.5 Å². The number of benzene rings is 3. The van der Waals surface area contributed by atoms with Gasteiger partial charge in [0, 0.05) is 23.7 Å². The Hall–Kier alpha value is -4.72. The average molecular weight is 541 g/mol. The Morgan fingerprint density at radius 3 is 2.55 bits per heavy atom. The Kier molecular flexibility index (Phi) is 8.05. The van der Waals surface area contributed by atoms with Crippen LogP contribution in [0.4, 0.5) is 14.9 Å². The van der Waals surface area contributed by atoms with E-state index in [-0.39, 0.29) is 30.2 Å². The largest absolute Gasteiger partial charge is 0.494 e. The van der Waals surface area contributed by atoms with Crippen LogP contribution in [0.3, 0.4) is 0 Å². The summed E-state index contributed by atoms with van der Waals surface area (Å²) in [6, 6.07) is 19.7. The maximum atomic E-state index is 15.9. The molecule has 3 aromatic carbocycles. The molecule has 7 nitrogen and oxygen atoms in total. The Balaban J connectivity index is 1.50. The van der Waals surface area contributed by atoms with Crippen molar-refractivity contribution in [2.24, 2.45) is 0 Å². The van der Waals surface area contributed by atoms with Gasteiger partial charge in [-0.1, -0.05) is 55.5 Å². The van der Waals surface area contributed by atoms with Gasteiger partial charge in [-0.15, -0.1) is 0 Å². The lowest BCUT2D eigenvalue weighted by atomic mass is 9.94. The highest BCUT2D eigenvalue weighted by Gasteiger charge is 2.30. The Labute approximate surface area is 231 Å². The van der Waals surface area contributed by atoms with E-state index in [1.54, 1.807) is 19.1 Å². The molecule has 0 aliphatic heterocycles. The molecule has 40 heavy (non-hydrogen) atoms. The first-order valence-corrected chi connectivity index (χ1v) is 13.2. The molecule has 5 rings (SSSR count). The highest BCUT2D eigenvalue weighted by atomic mass is 19.1. The normalized spacial score (nSPS) is 11.4. The summed E-state index contributed by atoms with van der Waals surface area (Å²) in [4.78, 5) is 29.6. The summed E-state index contributed by atoms with van der Waals surface area (Å²) in [5, 5.41) is 2.50. The maximum Gasteiger partial charge on any atom is 0.412 e. The van der Waals surface area contributed by atoms with Crippen molar-refractivity contribution in [2.75, 3.05) is 18.5 Å². The van der Waals surface area contributed by atoms with Crippen LogP contribution < -0.4 is 10.1 Å². The van der Waals surface area contributed by atoms with Crippen molar-refractivity contribution < 1.29 is 28.2 Å². The van der Waals surface area contributed by atoms with E-state index in [1.165, 1.54) is 12.3 Å². The first kappa shape index (κ1) is 26.9. The molecule has 204 valence electrons. The van der Waals surface area contributed by atoms with Crippen LogP contribution in [0.25, 0.3) is 22.3 Å². The van der Waals surface area contributed by atoms with Gasteiger partial charge in [-0.05, 0) is 59.4 Å². The van der Waals surface area contributed by atoms with Gasteiger partial charge >= 0.3 is 12.1 Å². The molecule has 4 aromatic rings. The molecular weight excluding hydrogens is 511 g/mol. The zero-order valence-corrected chi connectivity index (χ0v) is 22.3. The number of fused-ring (bicyclic) bond motifs is 3. The highest BCUT2D eigenvalue weighted by molar-refractivity contribution is 5.99. The third-order valence-corrected chi connectivity index (χ3v) is 6.57. The van der Waals surface area contributed by atoms with Gasteiger partial charge in [-0.25, -0.2) is 19.0 Å². The lowest BCUT2D eigenvalue weighted by molar-refractivity contribution is 0.0518. The van der Waals surface area contributed by atoms with Crippen molar-refractivity contribution in [3.63, 3.8) is 0 Å². The van der Waals surface area contributed by atoms with E-state index in [0.29, 0.717) is 29.7 Å². The Morgan fingerprint density at radius 2 is 1.77 bits per heavy atom. The predicted octanol–water partition coefficient (Wildman–Crippen LogP) is 7.17. The lowest BCUT2D eigenvalue weighted by Crippen LogP contribution is -2.15. The van der Waals surface area contributed by atoms with Crippen LogP contribution in [-0.4, -0.2) is 30.3 Å². The zero-order valence-electron chi connectivity index (χ0n) is 22.3. The lowest BCUT2D eigenvalue weighted by Gasteiger charge is -2.15. The van der Waals surface area contributed by atoms with Crippen LogP contribution in [0.5, 0.6) is 5.75 Å². The smallest absolute Gasteiger partial charge is 0.412 e. The number of carbonyl (C=O) groups is 2. The fourth-order valence-electron chi connectivity index (χ4n) is 4.78. The molecule has 1 N–H and O–H groups in total. The van der Waals surface area contributed by atoms with E-state index in [9.17, 15) is 9.59 Å². The summed E-state index contributed by atoms with van der Waals surface area (Å²) in [6.07, 6.45) is 2.01. The second kappa shape index (κ2) is 12.0. The quantitative estimate of drug-likeness (QED) is 0.199. The number of carbonyl (C=O) groups excluding carboxylic acids is 2. The number of amides is 1. The number of ether oxygens (including phenoxy) is 3. The first-order chi connectivity index (χ1) is 19.5. The number of hydrogen-bond acceptors (Lipinski definition) is 6. The molecule has 0 atom stereocenters. The average Bonchev–Trinajstić information content (AvgIpc) is 3.35. The molecule has 0 saturated carbocycles. The molecule has 0 unspecified atom stereocenters. The molecule has 1 heterocycles.